The summed E-state index contributed by atoms with van der Waals surface area (Å²) in [4.78, 5) is 15.4. The first-order chi connectivity index (χ1) is 16.8. The molecule has 2 saturated heterocycles. The molecular weight excluding hydrogens is 460 g/mol. The van der Waals surface area contributed by atoms with Gasteiger partial charge in [0.25, 0.3) is 0 Å². The zero-order valence-corrected chi connectivity index (χ0v) is 22.0. The van der Waals surface area contributed by atoms with Gasteiger partial charge in [-0.2, -0.15) is 4.31 Å². The highest BCUT2D eigenvalue weighted by molar-refractivity contribution is 7.89. The second kappa shape index (κ2) is 11.1. The van der Waals surface area contributed by atoms with E-state index in [1.54, 1.807) is 12.1 Å². The van der Waals surface area contributed by atoms with Gasteiger partial charge in [0, 0.05) is 32.1 Å². The van der Waals surface area contributed by atoms with Crippen LogP contribution in [0.1, 0.15) is 56.6 Å². The van der Waals surface area contributed by atoms with E-state index in [2.05, 4.69) is 24.3 Å². The Morgan fingerprint density at radius 2 is 1.63 bits per heavy atom. The van der Waals surface area contributed by atoms with Gasteiger partial charge in [0.1, 0.15) is 10.6 Å². The second-order valence-corrected chi connectivity index (χ2v) is 12.1. The molecule has 0 bridgehead atoms. The molecule has 7 heteroatoms. The van der Waals surface area contributed by atoms with Crippen molar-refractivity contribution in [3.8, 4) is 5.75 Å². The molecule has 2 aromatic carbocycles. The van der Waals surface area contributed by atoms with Crippen molar-refractivity contribution in [2.45, 2.75) is 56.8 Å². The van der Waals surface area contributed by atoms with Crippen LogP contribution in [0.4, 0.5) is 0 Å². The van der Waals surface area contributed by atoms with Crippen LogP contribution >= 0.6 is 0 Å². The molecule has 2 heterocycles. The van der Waals surface area contributed by atoms with Crippen LogP contribution in [0.25, 0.3) is 0 Å². The molecule has 35 heavy (non-hydrogen) atoms. The summed E-state index contributed by atoms with van der Waals surface area (Å²) < 4.78 is 33.8. The molecule has 0 radical (unpaired) electrons. The largest absolute Gasteiger partial charge is 0.495 e. The number of carbonyl (C=O) groups excluding carboxylic acids is 1. The summed E-state index contributed by atoms with van der Waals surface area (Å²) in [6, 6.07) is 15.9. The van der Waals surface area contributed by atoms with Gasteiger partial charge in [-0.15, -0.1) is 0 Å². The molecule has 6 nitrogen and oxygen atoms in total. The summed E-state index contributed by atoms with van der Waals surface area (Å²) in [5.74, 6) is 1.29. The molecule has 0 aromatic heterocycles. The lowest BCUT2D eigenvalue weighted by Crippen LogP contribution is -2.46. The first kappa shape index (κ1) is 25.7. The summed E-state index contributed by atoms with van der Waals surface area (Å²) in [6.07, 6.45) is 4.25. The maximum Gasteiger partial charge on any atom is 0.246 e. The molecule has 0 aliphatic carbocycles. The highest BCUT2D eigenvalue weighted by Gasteiger charge is 2.36. The number of carbonyl (C=O) groups is 1. The minimum Gasteiger partial charge on any atom is -0.495 e. The van der Waals surface area contributed by atoms with E-state index in [-0.39, 0.29) is 22.6 Å². The number of nitrogens with zero attached hydrogens (tertiary/aromatic N) is 2. The Balaban J connectivity index is 1.33. The number of hydrogen-bond acceptors (Lipinski definition) is 4. The van der Waals surface area contributed by atoms with Crippen LogP contribution in [0, 0.1) is 11.8 Å². The standard InChI is InChI=1S/C28H38N2O4S/c1-21(2)25-9-10-26(34-3)27(20-25)35(32,33)30-17-13-24(14-18-30)28(31)29-15-11-23(12-16-29)19-22-7-5-4-6-8-22/h4-10,20-21,23-24H,11-19H2,1-3H3. The van der Waals surface area contributed by atoms with Crippen LogP contribution in [-0.4, -0.2) is 56.8 Å². The minimum atomic E-state index is -3.69. The Hall–Kier alpha value is -2.38. The van der Waals surface area contributed by atoms with Crippen LogP contribution in [0.15, 0.2) is 53.4 Å². The molecule has 1 amide bonds. The lowest BCUT2D eigenvalue weighted by atomic mass is 9.89. The molecule has 0 spiro atoms. The van der Waals surface area contributed by atoms with Gasteiger partial charge >= 0.3 is 0 Å². The van der Waals surface area contributed by atoms with E-state index in [1.807, 2.05) is 30.9 Å². The fraction of sp³-hybridized carbons (Fsp3) is 0.536. The summed E-state index contributed by atoms with van der Waals surface area (Å²) in [5.41, 5.74) is 2.33. The Kier molecular flexibility index (Phi) is 8.17. The number of hydrogen-bond donors (Lipinski definition) is 0. The van der Waals surface area contributed by atoms with Gasteiger partial charge in [-0.05, 0) is 67.2 Å². The van der Waals surface area contributed by atoms with E-state index in [1.165, 1.54) is 17.0 Å². The van der Waals surface area contributed by atoms with Gasteiger partial charge in [0.05, 0.1) is 7.11 Å². The van der Waals surface area contributed by atoms with E-state index >= 15 is 0 Å². The van der Waals surface area contributed by atoms with E-state index in [9.17, 15) is 13.2 Å². The smallest absolute Gasteiger partial charge is 0.246 e. The molecule has 190 valence electrons. The average Bonchev–Trinajstić information content (AvgIpc) is 2.89. The van der Waals surface area contributed by atoms with E-state index < -0.39 is 10.0 Å². The normalized spacial score (nSPS) is 18.7. The summed E-state index contributed by atoms with van der Waals surface area (Å²) >= 11 is 0. The summed E-state index contributed by atoms with van der Waals surface area (Å²) in [6.45, 7) is 6.40. The zero-order chi connectivity index (χ0) is 25.0. The fourth-order valence-electron chi connectivity index (χ4n) is 5.30. The zero-order valence-electron chi connectivity index (χ0n) is 21.2. The van der Waals surface area contributed by atoms with Crippen LogP contribution in [0.3, 0.4) is 0 Å². The maximum atomic E-state index is 13.5. The molecule has 0 saturated carbocycles. The molecule has 2 fully saturated rings. The topological polar surface area (TPSA) is 66.9 Å². The van der Waals surface area contributed by atoms with E-state index in [4.69, 9.17) is 4.74 Å². The van der Waals surface area contributed by atoms with Gasteiger partial charge in [-0.25, -0.2) is 8.42 Å². The lowest BCUT2D eigenvalue weighted by Gasteiger charge is -2.37. The average molecular weight is 499 g/mol. The van der Waals surface area contributed by atoms with Crippen molar-refractivity contribution < 1.29 is 17.9 Å². The molecule has 2 aliphatic rings. The first-order valence-electron chi connectivity index (χ1n) is 12.8. The van der Waals surface area contributed by atoms with Crippen molar-refractivity contribution >= 4 is 15.9 Å². The molecule has 0 unspecified atom stereocenters. The quantitative estimate of drug-likeness (QED) is 0.555. The molecule has 2 aliphatic heterocycles. The second-order valence-electron chi connectivity index (χ2n) is 10.2. The molecule has 4 rings (SSSR count). The Labute approximate surface area is 210 Å². The molecular formula is C28H38N2O4S. The summed E-state index contributed by atoms with van der Waals surface area (Å²) in [7, 11) is -2.19. The maximum absolute atomic E-state index is 13.5. The van der Waals surface area contributed by atoms with Crippen LogP contribution in [0.5, 0.6) is 5.75 Å². The van der Waals surface area contributed by atoms with Crippen molar-refractivity contribution in [1.29, 1.82) is 0 Å². The predicted octanol–water partition coefficient (Wildman–Crippen LogP) is 4.70. The third-order valence-corrected chi connectivity index (χ3v) is 9.49. The number of sulfonamides is 1. The highest BCUT2D eigenvalue weighted by Crippen LogP contribution is 2.33. The van der Waals surface area contributed by atoms with Gasteiger partial charge in [-0.3, -0.25) is 4.79 Å². The van der Waals surface area contributed by atoms with Crippen molar-refractivity contribution in [2.24, 2.45) is 11.8 Å². The minimum absolute atomic E-state index is 0.101. The SMILES string of the molecule is COc1ccc(C(C)C)cc1S(=O)(=O)N1CCC(C(=O)N2CCC(Cc3ccccc3)CC2)CC1. The Bertz CT molecular complexity index is 1100. The predicted molar refractivity (Wildman–Crippen MR) is 138 cm³/mol. The van der Waals surface area contributed by atoms with Gasteiger partial charge < -0.3 is 9.64 Å². The number of rotatable bonds is 7. The lowest BCUT2D eigenvalue weighted by molar-refractivity contribution is -0.138. The first-order valence-corrected chi connectivity index (χ1v) is 14.2. The number of likely N-dealkylation sites (tertiary alicyclic amines) is 1. The third-order valence-electron chi connectivity index (χ3n) is 7.57. The molecule has 2 aromatic rings. The van der Waals surface area contributed by atoms with Crippen molar-refractivity contribution in [2.75, 3.05) is 33.3 Å². The van der Waals surface area contributed by atoms with Gasteiger partial charge in [0.2, 0.25) is 15.9 Å². The number of ether oxygens (including phenoxy) is 1. The highest BCUT2D eigenvalue weighted by atomic mass is 32.2. The third kappa shape index (κ3) is 5.89. The van der Waals surface area contributed by atoms with Crippen molar-refractivity contribution in [3.63, 3.8) is 0 Å². The number of methoxy groups -OCH3 is 1. The number of amides is 1. The monoisotopic (exact) mass is 498 g/mol. The number of benzene rings is 2. The Morgan fingerprint density at radius 1 is 0.971 bits per heavy atom. The van der Waals surface area contributed by atoms with E-state index in [0.29, 0.717) is 37.6 Å². The Morgan fingerprint density at radius 3 is 2.23 bits per heavy atom. The van der Waals surface area contributed by atoms with Crippen molar-refractivity contribution in [1.82, 2.24) is 9.21 Å². The van der Waals surface area contributed by atoms with Crippen LogP contribution in [0.2, 0.25) is 0 Å². The van der Waals surface area contributed by atoms with Gasteiger partial charge in [0.15, 0.2) is 0 Å². The summed E-state index contributed by atoms with van der Waals surface area (Å²) in [5, 5.41) is 0. The molecule has 0 N–H and O–H groups in total. The van der Waals surface area contributed by atoms with E-state index in [0.717, 1.165) is 37.9 Å². The van der Waals surface area contributed by atoms with Gasteiger partial charge in [-0.1, -0.05) is 50.2 Å². The van der Waals surface area contributed by atoms with Crippen molar-refractivity contribution in [3.05, 3.63) is 59.7 Å². The number of piperidine rings is 2. The van der Waals surface area contributed by atoms with Crippen LogP contribution in [-0.2, 0) is 21.2 Å². The fourth-order valence-corrected chi connectivity index (χ4v) is 6.96. The molecule has 0 atom stereocenters. The van der Waals surface area contributed by atoms with Crippen LogP contribution < -0.4 is 4.74 Å².